The highest BCUT2D eigenvalue weighted by atomic mass is 32.1. The number of hydrogen-bond acceptors (Lipinski definition) is 2. The molecule has 3 rings (SSSR count). The first-order valence-electron chi connectivity index (χ1n) is 6.78. The van der Waals surface area contributed by atoms with Gasteiger partial charge in [-0.25, -0.2) is 4.79 Å². The fourth-order valence-electron chi connectivity index (χ4n) is 3.25. The molecule has 1 saturated heterocycles. The number of urea groups is 1. The number of nitrogens with one attached hydrogen (secondary N) is 1. The molecule has 1 aliphatic carbocycles. The molecule has 2 heterocycles. The van der Waals surface area contributed by atoms with Gasteiger partial charge in [0.2, 0.25) is 0 Å². The Hall–Kier alpha value is -1.03. The number of likely N-dealkylation sites (tertiary alicyclic amines) is 1. The molecule has 0 aromatic carbocycles. The summed E-state index contributed by atoms with van der Waals surface area (Å²) in [6, 6.07) is 0.120. The summed E-state index contributed by atoms with van der Waals surface area (Å²) in [5.74, 6) is 1.55. The first kappa shape index (κ1) is 12.0. The maximum Gasteiger partial charge on any atom is 0.317 e. The predicted octanol–water partition coefficient (Wildman–Crippen LogP) is 3.00. The van der Waals surface area contributed by atoms with Crippen LogP contribution in [0.3, 0.4) is 0 Å². The second-order valence-electron chi connectivity index (χ2n) is 5.59. The molecule has 1 aliphatic heterocycles. The molecular weight excluding hydrogens is 244 g/mol. The molecule has 1 saturated carbocycles. The summed E-state index contributed by atoms with van der Waals surface area (Å²) in [4.78, 5) is 14.1. The van der Waals surface area contributed by atoms with E-state index in [9.17, 15) is 4.79 Å². The Labute approximate surface area is 112 Å². The van der Waals surface area contributed by atoms with Crippen molar-refractivity contribution in [1.82, 2.24) is 10.2 Å². The molecule has 2 aliphatic rings. The van der Waals surface area contributed by atoms with Crippen LogP contribution in [-0.4, -0.2) is 24.0 Å². The average molecular weight is 264 g/mol. The molecule has 0 bridgehead atoms. The lowest BCUT2D eigenvalue weighted by Crippen LogP contribution is -2.38. The van der Waals surface area contributed by atoms with Crippen molar-refractivity contribution < 1.29 is 4.79 Å². The van der Waals surface area contributed by atoms with Gasteiger partial charge in [0.25, 0.3) is 0 Å². The van der Waals surface area contributed by atoms with Crippen LogP contribution >= 0.6 is 11.3 Å². The highest BCUT2D eigenvalue weighted by Gasteiger charge is 2.37. The van der Waals surface area contributed by atoms with E-state index in [4.69, 9.17) is 0 Å². The number of carbonyl (C=O) groups excluding carboxylic acids is 1. The number of fused-ring (bicyclic) bond motifs is 1. The van der Waals surface area contributed by atoms with Crippen molar-refractivity contribution in [1.29, 1.82) is 0 Å². The summed E-state index contributed by atoms with van der Waals surface area (Å²) in [5, 5.41) is 7.30. The lowest BCUT2D eigenvalue weighted by Gasteiger charge is -2.18. The molecule has 0 radical (unpaired) electrons. The van der Waals surface area contributed by atoms with Gasteiger partial charge >= 0.3 is 6.03 Å². The maximum absolute atomic E-state index is 12.1. The lowest BCUT2D eigenvalue weighted by atomic mass is 10.0. The standard InChI is InChI=1S/C14H20N2OS/c1-10-8-18-9-13(10)5-15-14(17)16-6-11-3-2-4-12(11)7-16/h8-9,11-12H,2-7H2,1H3,(H,15,17)/t11-,12-/m1/s1. The summed E-state index contributed by atoms with van der Waals surface area (Å²) in [6.07, 6.45) is 4.00. The first-order chi connectivity index (χ1) is 8.74. The van der Waals surface area contributed by atoms with E-state index in [1.807, 2.05) is 4.90 Å². The minimum atomic E-state index is 0.120. The smallest absolute Gasteiger partial charge is 0.317 e. The summed E-state index contributed by atoms with van der Waals surface area (Å²) >= 11 is 1.70. The highest BCUT2D eigenvalue weighted by Crippen LogP contribution is 2.37. The van der Waals surface area contributed by atoms with Crippen LogP contribution in [-0.2, 0) is 6.54 Å². The van der Waals surface area contributed by atoms with Gasteiger partial charge in [-0.05, 0) is 53.5 Å². The molecule has 2 amide bonds. The minimum absolute atomic E-state index is 0.120. The molecule has 4 heteroatoms. The summed E-state index contributed by atoms with van der Waals surface area (Å²) in [5.41, 5.74) is 2.52. The number of rotatable bonds is 2. The molecular formula is C14H20N2OS. The largest absolute Gasteiger partial charge is 0.334 e. The maximum atomic E-state index is 12.1. The summed E-state index contributed by atoms with van der Waals surface area (Å²) in [6.45, 7) is 4.70. The van der Waals surface area contributed by atoms with E-state index in [2.05, 4.69) is 23.0 Å². The van der Waals surface area contributed by atoms with Crippen molar-refractivity contribution in [3.05, 3.63) is 21.9 Å². The topological polar surface area (TPSA) is 32.3 Å². The molecule has 98 valence electrons. The molecule has 1 aromatic rings. The second-order valence-corrected chi connectivity index (χ2v) is 6.34. The van der Waals surface area contributed by atoms with E-state index >= 15 is 0 Å². The molecule has 2 fully saturated rings. The van der Waals surface area contributed by atoms with Crippen molar-refractivity contribution in [2.24, 2.45) is 11.8 Å². The third kappa shape index (κ3) is 2.26. The molecule has 1 N–H and O–H groups in total. The van der Waals surface area contributed by atoms with Gasteiger partial charge in [-0.2, -0.15) is 11.3 Å². The number of thiophene rings is 1. The predicted molar refractivity (Wildman–Crippen MR) is 73.7 cm³/mol. The van der Waals surface area contributed by atoms with Crippen LogP contribution in [0.1, 0.15) is 30.4 Å². The van der Waals surface area contributed by atoms with Crippen LogP contribution in [0.4, 0.5) is 4.79 Å². The van der Waals surface area contributed by atoms with Crippen molar-refractivity contribution in [3.63, 3.8) is 0 Å². The van der Waals surface area contributed by atoms with Crippen LogP contribution in [0.15, 0.2) is 10.8 Å². The quantitative estimate of drug-likeness (QED) is 0.875. The number of nitrogens with zero attached hydrogens (tertiary/aromatic N) is 1. The summed E-state index contributed by atoms with van der Waals surface area (Å²) in [7, 11) is 0. The molecule has 1 aromatic heterocycles. The van der Waals surface area contributed by atoms with Gasteiger partial charge in [-0.15, -0.1) is 0 Å². The van der Waals surface area contributed by atoms with Crippen molar-refractivity contribution in [2.45, 2.75) is 32.7 Å². The Morgan fingerprint density at radius 2 is 2.11 bits per heavy atom. The third-order valence-corrected chi connectivity index (χ3v) is 5.32. The SMILES string of the molecule is Cc1cscc1CNC(=O)N1C[C@H]2CCC[C@@H]2C1. The monoisotopic (exact) mass is 264 g/mol. The zero-order chi connectivity index (χ0) is 12.5. The molecule has 0 spiro atoms. The molecule has 18 heavy (non-hydrogen) atoms. The zero-order valence-corrected chi connectivity index (χ0v) is 11.6. The van der Waals surface area contributed by atoms with Gasteiger partial charge in [0.05, 0.1) is 0 Å². The van der Waals surface area contributed by atoms with E-state index in [0.717, 1.165) is 24.9 Å². The van der Waals surface area contributed by atoms with Crippen molar-refractivity contribution in [2.75, 3.05) is 13.1 Å². The van der Waals surface area contributed by atoms with E-state index in [0.29, 0.717) is 6.54 Å². The fraction of sp³-hybridized carbons (Fsp3) is 0.643. The van der Waals surface area contributed by atoms with E-state index in [1.165, 1.54) is 30.4 Å². The van der Waals surface area contributed by atoms with E-state index < -0.39 is 0 Å². The second kappa shape index (κ2) is 4.92. The number of aryl methyl sites for hydroxylation is 1. The minimum Gasteiger partial charge on any atom is -0.334 e. The van der Waals surface area contributed by atoms with Crippen molar-refractivity contribution >= 4 is 17.4 Å². The first-order valence-corrected chi connectivity index (χ1v) is 7.73. The zero-order valence-electron chi connectivity index (χ0n) is 10.8. The van der Waals surface area contributed by atoms with Crippen LogP contribution in [0.2, 0.25) is 0 Å². The fourth-order valence-corrected chi connectivity index (χ4v) is 4.11. The van der Waals surface area contributed by atoms with Gasteiger partial charge in [0, 0.05) is 19.6 Å². The number of amides is 2. The van der Waals surface area contributed by atoms with Gasteiger partial charge in [0.1, 0.15) is 0 Å². The molecule has 0 unspecified atom stereocenters. The van der Waals surface area contributed by atoms with Crippen LogP contribution in [0, 0.1) is 18.8 Å². The highest BCUT2D eigenvalue weighted by molar-refractivity contribution is 7.08. The Kier molecular flexibility index (Phi) is 3.29. The third-order valence-electron chi connectivity index (χ3n) is 4.41. The number of hydrogen-bond donors (Lipinski definition) is 1. The number of carbonyl (C=O) groups is 1. The molecule has 3 nitrogen and oxygen atoms in total. The lowest BCUT2D eigenvalue weighted by molar-refractivity contribution is 0.204. The van der Waals surface area contributed by atoms with Crippen molar-refractivity contribution in [3.8, 4) is 0 Å². The molecule has 2 atom stereocenters. The van der Waals surface area contributed by atoms with Gasteiger partial charge < -0.3 is 10.2 Å². The van der Waals surface area contributed by atoms with Crippen LogP contribution in [0.5, 0.6) is 0 Å². The van der Waals surface area contributed by atoms with Gasteiger partial charge in [0.15, 0.2) is 0 Å². The van der Waals surface area contributed by atoms with Crippen LogP contribution in [0.25, 0.3) is 0 Å². The van der Waals surface area contributed by atoms with Crippen LogP contribution < -0.4 is 5.32 Å². The average Bonchev–Trinajstić information content (AvgIpc) is 3.00. The van der Waals surface area contributed by atoms with Gasteiger partial charge in [-0.3, -0.25) is 0 Å². The summed E-state index contributed by atoms with van der Waals surface area (Å²) < 4.78 is 0. The van der Waals surface area contributed by atoms with Gasteiger partial charge in [-0.1, -0.05) is 6.42 Å². The normalized spacial score (nSPS) is 26.4. The van der Waals surface area contributed by atoms with E-state index in [1.54, 1.807) is 11.3 Å². The van der Waals surface area contributed by atoms with E-state index in [-0.39, 0.29) is 6.03 Å². The Morgan fingerprint density at radius 3 is 2.72 bits per heavy atom. The Morgan fingerprint density at radius 1 is 1.39 bits per heavy atom. The Balaban J connectivity index is 1.52. The Bertz CT molecular complexity index is 431.